The van der Waals surface area contributed by atoms with Gasteiger partial charge in [0.15, 0.2) is 11.2 Å². The maximum atomic E-state index is 12.4. The Morgan fingerprint density at radius 2 is 1.80 bits per heavy atom. The monoisotopic (exact) mass is 268 g/mol. The second-order valence-electron chi connectivity index (χ2n) is 5.37. The Morgan fingerprint density at radius 1 is 1.05 bits per heavy atom. The number of aliphatic carboxylic acids is 1. The van der Waals surface area contributed by atoms with E-state index >= 15 is 0 Å². The van der Waals surface area contributed by atoms with Gasteiger partial charge < -0.3 is 5.11 Å². The highest BCUT2D eigenvalue weighted by Gasteiger charge is 2.49. The average molecular weight is 268 g/mol. The van der Waals surface area contributed by atoms with Crippen molar-refractivity contribution in [2.75, 3.05) is 0 Å². The number of hydrogen-bond donors (Lipinski definition) is 1. The molecule has 1 atom stereocenters. The molecule has 2 aromatic rings. The largest absolute Gasteiger partial charge is 0.480 e. The zero-order chi connectivity index (χ0) is 14.2. The highest BCUT2D eigenvalue weighted by Crippen LogP contribution is 2.40. The molecule has 0 aromatic heterocycles. The van der Waals surface area contributed by atoms with Gasteiger partial charge in [-0.1, -0.05) is 48.9 Å². The van der Waals surface area contributed by atoms with Gasteiger partial charge in [0.05, 0.1) is 0 Å². The van der Waals surface area contributed by atoms with Crippen molar-refractivity contribution >= 4 is 22.5 Å². The van der Waals surface area contributed by atoms with E-state index in [0.29, 0.717) is 18.4 Å². The predicted octanol–water partition coefficient (Wildman–Crippen LogP) is 3.31. The van der Waals surface area contributed by atoms with Crippen LogP contribution in [0.3, 0.4) is 0 Å². The molecule has 0 radical (unpaired) electrons. The topological polar surface area (TPSA) is 54.4 Å². The molecule has 0 aliphatic heterocycles. The van der Waals surface area contributed by atoms with Gasteiger partial charge in [-0.2, -0.15) is 0 Å². The lowest BCUT2D eigenvalue weighted by Gasteiger charge is -2.33. The number of fused-ring (bicyclic) bond motifs is 1. The molecule has 1 aliphatic rings. The zero-order valence-corrected chi connectivity index (χ0v) is 11.1. The second kappa shape index (κ2) is 4.75. The fraction of sp³-hybridized carbons (Fsp3) is 0.294. The van der Waals surface area contributed by atoms with Crippen molar-refractivity contribution in [3.05, 3.63) is 48.0 Å². The Hall–Kier alpha value is -2.16. The predicted molar refractivity (Wildman–Crippen MR) is 76.7 cm³/mol. The number of carbonyl (C=O) groups is 2. The minimum Gasteiger partial charge on any atom is -0.480 e. The van der Waals surface area contributed by atoms with Gasteiger partial charge in [0.25, 0.3) is 0 Å². The quantitative estimate of drug-likeness (QED) is 0.850. The van der Waals surface area contributed by atoms with Gasteiger partial charge in [0.1, 0.15) is 0 Å². The summed E-state index contributed by atoms with van der Waals surface area (Å²) in [5, 5.41) is 11.6. The molecule has 1 unspecified atom stereocenters. The van der Waals surface area contributed by atoms with E-state index in [9.17, 15) is 14.7 Å². The number of carbonyl (C=O) groups excluding carboxylic acids is 1. The van der Waals surface area contributed by atoms with E-state index in [4.69, 9.17) is 0 Å². The van der Waals surface area contributed by atoms with Gasteiger partial charge in [-0.05, 0) is 29.2 Å². The summed E-state index contributed by atoms with van der Waals surface area (Å²) in [6, 6.07) is 13.2. The van der Waals surface area contributed by atoms with E-state index in [1.54, 1.807) is 6.07 Å². The van der Waals surface area contributed by atoms with Crippen LogP contribution in [0.1, 0.15) is 31.2 Å². The first-order valence-corrected chi connectivity index (χ1v) is 6.91. The second-order valence-corrected chi connectivity index (χ2v) is 5.37. The van der Waals surface area contributed by atoms with Crippen molar-refractivity contribution in [3.8, 4) is 0 Å². The molecule has 1 aliphatic carbocycles. The molecule has 3 heteroatoms. The maximum absolute atomic E-state index is 12.4. The minimum atomic E-state index is -1.36. The molecule has 1 fully saturated rings. The SMILES string of the molecule is O=C(O)C1(c2cccc3ccccc23)CCCCC1=O. The Labute approximate surface area is 117 Å². The van der Waals surface area contributed by atoms with Gasteiger partial charge in [0.2, 0.25) is 0 Å². The van der Waals surface area contributed by atoms with Crippen LogP contribution in [0.2, 0.25) is 0 Å². The van der Waals surface area contributed by atoms with Crippen LogP contribution in [0.5, 0.6) is 0 Å². The van der Waals surface area contributed by atoms with Crippen LogP contribution in [0.15, 0.2) is 42.5 Å². The van der Waals surface area contributed by atoms with Gasteiger partial charge in [-0.15, -0.1) is 0 Å². The third-order valence-corrected chi connectivity index (χ3v) is 4.30. The van der Waals surface area contributed by atoms with Crippen molar-refractivity contribution in [2.45, 2.75) is 31.1 Å². The molecule has 0 heterocycles. The van der Waals surface area contributed by atoms with Gasteiger partial charge in [-0.3, -0.25) is 9.59 Å². The molecule has 1 saturated carbocycles. The van der Waals surface area contributed by atoms with Crippen LogP contribution in [0.4, 0.5) is 0 Å². The molecule has 0 bridgehead atoms. The van der Waals surface area contributed by atoms with Crippen LogP contribution >= 0.6 is 0 Å². The van der Waals surface area contributed by atoms with Crippen LogP contribution in [-0.4, -0.2) is 16.9 Å². The highest BCUT2D eigenvalue weighted by molar-refractivity contribution is 6.12. The summed E-state index contributed by atoms with van der Waals surface area (Å²) < 4.78 is 0. The molecule has 1 N–H and O–H groups in total. The normalized spacial score (nSPS) is 22.9. The van der Waals surface area contributed by atoms with E-state index in [0.717, 1.165) is 23.6 Å². The molecule has 0 saturated heterocycles. The van der Waals surface area contributed by atoms with Crippen molar-refractivity contribution in [1.82, 2.24) is 0 Å². The van der Waals surface area contributed by atoms with Crippen molar-refractivity contribution in [3.63, 3.8) is 0 Å². The number of carboxylic acids is 1. The Bertz CT molecular complexity index is 684. The molecule has 3 rings (SSSR count). The van der Waals surface area contributed by atoms with Crippen molar-refractivity contribution < 1.29 is 14.7 Å². The van der Waals surface area contributed by atoms with Gasteiger partial charge in [0, 0.05) is 6.42 Å². The minimum absolute atomic E-state index is 0.160. The number of rotatable bonds is 2. The van der Waals surface area contributed by atoms with Crippen LogP contribution in [0.25, 0.3) is 10.8 Å². The highest BCUT2D eigenvalue weighted by atomic mass is 16.4. The number of ketones is 1. The van der Waals surface area contributed by atoms with E-state index in [1.807, 2.05) is 36.4 Å². The Kier molecular flexibility index (Phi) is 3.05. The number of hydrogen-bond acceptors (Lipinski definition) is 2. The molecule has 3 nitrogen and oxygen atoms in total. The fourth-order valence-electron chi connectivity index (χ4n) is 3.25. The third kappa shape index (κ3) is 1.73. The van der Waals surface area contributed by atoms with Crippen LogP contribution < -0.4 is 0 Å². The average Bonchev–Trinajstić information content (AvgIpc) is 2.47. The van der Waals surface area contributed by atoms with Gasteiger partial charge in [-0.25, -0.2) is 0 Å². The van der Waals surface area contributed by atoms with Crippen LogP contribution in [0, 0.1) is 0 Å². The summed E-state index contributed by atoms with van der Waals surface area (Å²) in [5.74, 6) is -1.17. The standard InChI is InChI=1S/C17H16O3/c18-15-10-3-4-11-17(15,16(19)20)14-9-5-7-12-6-1-2-8-13(12)14/h1-2,5-9H,3-4,10-11H2,(H,19,20). The number of benzene rings is 2. The molecule has 20 heavy (non-hydrogen) atoms. The first-order chi connectivity index (χ1) is 9.66. The van der Waals surface area contributed by atoms with Crippen molar-refractivity contribution in [2.24, 2.45) is 0 Å². The third-order valence-electron chi connectivity index (χ3n) is 4.30. The lowest BCUT2D eigenvalue weighted by atomic mass is 9.67. The summed E-state index contributed by atoms with van der Waals surface area (Å²) in [6.07, 6.45) is 2.32. The molecule has 0 amide bonds. The summed E-state index contributed by atoms with van der Waals surface area (Å²) >= 11 is 0. The first-order valence-electron chi connectivity index (χ1n) is 6.91. The molecular weight excluding hydrogens is 252 g/mol. The number of Topliss-reactive ketones (excluding diaryl/α,β-unsaturated/α-hetero) is 1. The molecular formula is C17H16O3. The lowest BCUT2D eigenvalue weighted by molar-refractivity contribution is -0.150. The Balaban J connectivity index is 2.30. The van der Waals surface area contributed by atoms with E-state index in [1.165, 1.54) is 0 Å². The molecule has 102 valence electrons. The summed E-state index contributed by atoms with van der Waals surface area (Å²) in [7, 11) is 0. The van der Waals surface area contributed by atoms with Crippen LogP contribution in [-0.2, 0) is 15.0 Å². The Morgan fingerprint density at radius 3 is 2.55 bits per heavy atom. The van der Waals surface area contributed by atoms with E-state index in [2.05, 4.69) is 0 Å². The summed E-state index contributed by atoms with van der Waals surface area (Å²) in [6.45, 7) is 0. The summed E-state index contributed by atoms with van der Waals surface area (Å²) in [5.41, 5.74) is -0.716. The zero-order valence-electron chi connectivity index (χ0n) is 11.1. The fourth-order valence-corrected chi connectivity index (χ4v) is 3.25. The maximum Gasteiger partial charge on any atom is 0.321 e. The van der Waals surface area contributed by atoms with E-state index in [-0.39, 0.29) is 5.78 Å². The van der Waals surface area contributed by atoms with Gasteiger partial charge >= 0.3 is 5.97 Å². The first kappa shape index (κ1) is 12.9. The van der Waals surface area contributed by atoms with E-state index < -0.39 is 11.4 Å². The summed E-state index contributed by atoms with van der Waals surface area (Å²) in [4.78, 5) is 24.3. The lowest BCUT2D eigenvalue weighted by Crippen LogP contribution is -2.46. The molecule has 2 aromatic carbocycles. The molecule has 0 spiro atoms. The van der Waals surface area contributed by atoms with Crippen molar-refractivity contribution in [1.29, 1.82) is 0 Å². The smallest absolute Gasteiger partial charge is 0.321 e. The number of carboxylic acid groups (broad SMARTS) is 1.